The second-order valence-electron chi connectivity index (χ2n) is 10.3. The number of benzene rings is 1. The van der Waals surface area contributed by atoms with Crippen molar-refractivity contribution in [3.05, 3.63) is 30.3 Å². The summed E-state index contributed by atoms with van der Waals surface area (Å²) >= 11 is 0. The number of hydrogen-bond acceptors (Lipinski definition) is 4. The van der Waals surface area contributed by atoms with E-state index in [1.165, 1.54) is 0 Å². The molecule has 0 amide bonds. The topological polar surface area (TPSA) is 38.8 Å². The molecule has 0 unspecified atom stereocenters. The first-order chi connectivity index (χ1) is 14.5. The number of carbonyl (C=O) groups excluding carboxylic acids is 1. The van der Waals surface area contributed by atoms with Gasteiger partial charge in [-0.25, -0.2) is 0 Å². The molecule has 6 heteroatoms. The number of para-hydroxylation sites is 1. The van der Waals surface area contributed by atoms with Crippen LogP contribution in [0.3, 0.4) is 0 Å². The summed E-state index contributed by atoms with van der Waals surface area (Å²) < 4.78 is 12.5. The zero-order chi connectivity index (χ0) is 23.7. The normalized spacial score (nSPS) is 12.6. The molecule has 0 heterocycles. The molecular weight excluding hydrogens is 418 g/mol. The molecule has 31 heavy (non-hydrogen) atoms. The molecule has 1 aromatic rings. The summed E-state index contributed by atoms with van der Waals surface area (Å²) in [7, 11) is -3.87. The summed E-state index contributed by atoms with van der Waals surface area (Å²) in [5, 5.41) is 0. The molecule has 0 N–H and O–H groups in total. The van der Waals surface area contributed by atoms with Crippen molar-refractivity contribution in [2.75, 3.05) is 24.6 Å². The standard InChI is InChI=1S/C25H47NO3Si2/c1-10-18-28-30(8,9)19-14-17-26(24-15-12-11-13-16-24)20-25(27)29-31(21(2)3,22(4)5)23(6)7/h11-13,15-16,21-23H,10,14,17-20H2,1-9H3. The first kappa shape index (κ1) is 27.9. The van der Waals surface area contributed by atoms with Crippen molar-refractivity contribution >= 4 is 28.3 Å². The van der Waals surface area contributed by atoms with Gasteiger partial charge in [0.05, 0.1) is 0 Å². The molecular formula is C25H47NO3Si2. The van der Waals surface area contributed by atoms with E-state index in [2.05, 4.69) is 78.6 Å². The summed E-state index contributed by atoms with van der Waals surface area (Å²) in [4.78, 5) is 15.4. The van der Waals surface area contributed by atoms with Crippen molar-refractivity contribution in [2.24, 2.45) is 0 Å². The molecule has 0 spiro atoms. The third-order valence-corrected chi connectivity index (χ3v) is 14.9. The zero-order valence-corrected chi connectivity index (χ0v) is 23.5. The van der Waals surface area contributed by atoms with Gasteiger partial charge in [0.15, 0.2) is 8.32 Å². The molecule has 0 radical (unpaired) electrons. The second-order valence-corrected chi connectivity index (χ2v) is 19.9. The minimum atomic E-state index is -2.22. The van der Waals surface area contributed by atoms with Gasteiger partial charge >= 0.3 is 5.97 Å². The van der Waals surface area contributed by atoms with E-state index in [1.54, 1.807) is 0 Å². The number of nitrogens with zero attached hydrogens (tertiary/aromatic N) is 1. The van der Waals surface area contributed by atoms with Gasteiger partial charge in [0.1, 0.15) is 6.54 Å². The maximum atomic E-state index is 13.2. The molecule has 0 aromatic heterocycles. The van der Waals surface area contributed by atoms with Crippen LogP contribution in [-0.2, 0) is 13.6 Å². The van der Waals surface area contributed by atoms with Crippen LogP contribution in [0.4, 0.5) is 5.69 Å². The van der Waals surface area contributed by atoms with Crippen molar-refractivity contribution in [3.8, 4) is 0 Å². The fourth-order valence-corrected chi connectivity index (χ4v) is 11.9. The fraction of sp³-hybridized carbons (Fsp3) is 0.720. The average molecular weight is 466 g/mol. The third kappa shape index (κ3) is 8.39. The van der Waals surface area contributed by atoms with Crippen LogP contribution in [0.25, 0.3) is 0 Å². The van der Waals surface area contributed by atoms with Crippen LogP contribution in [-0.4, -0.2) is 42.3 Å². The maximum absolute atomic E-state index is 13.2. The van der Waals surface area contributed by atoms with E-state index in [9.17, 15) is 4.79 Å². The van der Waals surface area contributed by atoms with E-state index < -0.39 is 16.6 Å². The predicted molar refractivity (Wildman–Crippen MR) is 139 cm³/mol. The van der Waals surface area contributed by atoms with Crippen LogP contribution < -0.4 is 4.90 Å². The lowest BCUT2D eigenvalue weighted by Gasteiger charge is -2.41. The quantitative estimate of drug-likeness (QED) is 0.272. The predicted octanol–water partition coefficient (Wildman–Crippen LogP) is 7.23. The SMILES string of the molecule is CCCO[Si](C)(C)CCCN(CC(=O)O[Si](C(C)C)(C(C)C)C(C)C)c1ccccc1. The molecule has 0 fully saturated rings. The summed E-state index contributed by atoms with van der Waals surface area (Å²) in [6.07, 6.45) is 2.08. The minimum Gasteiger partial charge on any atom is -0.517 e. The molecule has 0 saturated carbocycles. The Balaban J connectivity index is 2.92. The van der Waals surface area contributed by atoms with Gasteiger partial charge in [-0.1, -0.05) is 66.7 Å². The van der Waals surface area contributed by atoms with Crippen molar-refractivity contribution in [1.29, 1.82) is 0 Å². The molecule has 178 valence electrons. The van der Waals surface area contributed by atoms with Crippen molar-refractivity contribution in [1.82, 2.24) is 0 Å². The Morgan fingerprint density at radius 1 is 0.968 bits per heavy atom. The molecule has 1 rings (SSSR count). The summed E-state index contributed by atoms with van der Waals surface area (Å²) in [5.41, 5.74) is 2.26. The smallest absolute Gasteiger partial charge is 0.312 e. The van der Waals surface area contributed by atoms with Crippen molar-refractivity contribution in [3.63, 3.8) is 0 Å². The highest BCUT2D eigenvalue weighted by Crippen LogP contribution is 2.42. The molecule has 0 atom stereocenters. The Morgan fingerprint density at radius 3 is 2.00 bits per heavy atom. The monoisotopic (exact) mass is 465 g/mol. The van der Waals surface area contributed by atoms with Gasteiger partial charge in [0.25, 0.3) is 8.32 Å². The Labute approximate surface area is 194 Å². The number of carbonyl (C=O) groups is 1. The van der Waals surface area contributed by atoms with E-state index in [0.29, 0.717) is 23.2 Å². The number of anilines is 1. The molecule has 4 nitrogen and oxygen atoms in total. The van der Waals surface area contributed by atoms with Crippen LogP contribution in [0.2, 0.25) is 35.8 Å². The van der Waals surface area contributed by atoms with Gasteiger partial charge in [-0.05, 0) is 60.7 Å². The summed E-state index contributed by atoms with van der Waals surface area (Å²) in [5.74, 6) is -0.0784. The highest BCUT2D eigenvalue weighted by Gasteiger charge is 2.48. The van der Waals surface area contributed by atoms with Gasteiger partial charge in [0, 0.05) is 18.8 Å². The maximum Gasteiger partial charge on any atom is 0.312 e. The molecule has 0 aliphatic rings. The number of rotatable bonds is 14. The lowest BCUT2D eigenvalue weighted by molar-refractivity contribution is -0.134. The summed E-state index contributed by atoms with van der Waals surface area (Å²) in [6, 6.07) is 11.3. The van der Waals surface area contributed by atoms with E-state index in [1.807, 2.05) is 18.2 Å². The number of hydrogen-bond donors (Lipinski definition) is 0. The zero-order valence-electron chi connectivity index (χ0n) is 21.5. The van der Waals surface area contributed by atoms with E-state index in [4.69, 9.17) is 8.85 Å². The molecule has 0 bridgehead atoms. The first-order valence-electron chi connectivity index (χ1n) is 12.1. The average Bonchev–Trinajstić information content (AvgIpc) is 2.69. The van der Waals surface area contributed by atoms with Crippen LogP contribution in [0, 0.1) is 0 Å². The van der Waals surface area contributed by atoms with Crippen LogP contribution in [0.15, 0.2) is 30.3 Å². The van der Waals surface area contributed by atoms with E-state index >= 15 is 0 Å². The van der Waals surface area contributed by atoms with Crippen LogP contribution >= 0.6 is 0 Å². The minimum absolute atomic E-state index is 0.0784. The van der Waals surface area contributed by atoms with Crippen molar-refractivity contribution < 1.29 is 13.6 Å². The largest absolute Gasteiger partial charge is 0.517 e. The van der Waals surface area contributed by atoms with E-state index in [0.717, 1.165) is 37.7 Å². The molecule has 0 aliphatic carbocycles. The third-order valence-electron chi connectivity index (χ3n) is 6.34. The van der Waals surface area contributed by atoms with Crippen molar-refractivity contribution in [2.45, 2.75) is 97.1 Å². The Kier molecular flexibility index (Phi) is 11.5. The highest BCUT2D eigenvalue weighted by molar-refractivity contribution is 6.79. The van der Waals surface area contributed by atoms with E-state index in [-0.39, 0.29) is 5.97 Å². The van der Waals surface area contributed by atoms with Gasteiger partial charge in [-0.15, -0.1) is 0 Å². The van der Waals surface area contributed by atoms with Crippen LogP contribution in [0.5, 0.6) is 0 Å². The Hall–Kier alpha value is -1.12. The molecule has 0 saturated heterocycles. The Bertz CT molecular complexity index is 626. The Morgan fingerprint density at radius 2 is 1.52 bits per heavy atom. The van der Waals surface area contributed by atoms with Gasteiger partial charge in [-0.3, -0.25) is 4.79 Å². The van der Waals surface area contributed by atoms with Gasteiger partial charge in [-0.2, -0.15) is 0 Å². The molecule has 0 aliphatic heterocycles. The second kappa shape index (κ2) is 12.8. The summed E-state index contributed by atoms with van der Waals surface area (Å²) in [6.45, 7) is 22.0. The van der Waals surface area contributed by atoms with Crippen LogP contribution in [0.1, 0.15) is 61.3 Å². The first-order valence-corrected chi connectivity index (χ1v) is 17.4. The van der Waals surface area contributed by atoms with Gasteiger partial charge in [0.2, 0.25) is 0 Å². The molecule has 1 aromatic carbocycles. The lowest BCUT2D eigenvalue weighted by atomic mass is 10.2. The fourth-order valence-electron chi connectivity index (χ4n) is 4.82. The van der Waals surface area contributed by atoms with Gasteiger partial charge < -0.3 is 13.8 Å². The highest BCUT2D eigenvalue weighted by atomic mass is 28.4. The lowest BCUT2D eigenvalue weighted by Crippen LogP contribution is -2.51.